The fraction of sp³-hybridized carbons (Fsp3) is 0.500. The van der Waals surface area contributed by atoms with Crippen LogP contribution < -0.4 is 10.6 Å². The van der Waals surface area contributed by atoms with E-state index in [1.807, 2.05) is 19.2 Å². The number of hydrogen-bond donors (Lipinski definition) is 2. The third-order valence-corrected chi connectivity index (χ3v) is 4.18. The van der Waals surface area contributed by atoms with E-state index in [0.717, 1.165) is 36.2 Å². The van der Waals surface area contributed by atoms with E-state index in [-0.39, 0.29) is 5.91 Å². The lowest BCUT2D eigenvalue weighted by Gasteiger charge is -2.05. The zero-order valence-electron chi connectivity index (χ0n) is 11.2. The SMILES string of the molecule is CNCCCNC(=O)CCCSc1ccc(Br)cc1. The van der Waals surface area contributed by atoms with E-state index in [9.17, 15) is 4.79 Å². The van der Waals surface area contributed by atoms with Crippen molar-refractivity contribution in [2.75, 3.05) is 25.9 Å². The van der Waals surface area contributed by atoms with Crippen LogP contribution in [0.1, 0.15) is 19.3 Å². The minimum atomic E-state index is 0.160. The highest BCUT2D eigenvalue weighted by molar-refractivity contribution is 9.10. The fourth-order valence-electron chi connectivity index (χ4n) is 1.53. The van der Waals surface area contributed by atoms with Crippen LogP contribution in [0.3, 0.4) is 0 Å². The van der Waals surface area contributed by atoms with E-state index in [1.165, 1.54) is 4.90 Å². The minimum absolute atomic E-state index is 0.160. The summed E-state index contributed by atoms with van der Waals surface area (Å²) >= 11 is 5.21. The number of amides is 1. The van der Waals surface area contributed by atoms with Crippen LogP contribution in [0.5, 0.6) is 0 Å². The highest BCUT2D eigenvalue weighted by Gasteiger charge is 2.01. The van der Waals surface area contributed by atoms with Crippen molar-refractivity contribution in [2.24, 2.45) is 0 Å². The van der Waals surface area contributed by atoms with Gasteiger partial charge in [0.05, 0.1) is 0 Å². The predicted octanol–water partition coefficient (Wildman–Crippen LogP) is 3.05. The Balaban J connectivity index is 2.03. The summed E-state index contributed by atoms with van der Waals surface area (Å²) in [6, 6.07) is 8.26. The Bertz CT molecular complexity index is 370. The van der Waals surface area contributed by atoms with Crippen molar-refractivity contribution in [3.8, 4) is 0 Å². The van der Waals surface area contributed by atoms with E-state index in [2.05, 4.69) is 38.7 Å². The van der Waals surface area contributed by atoms with Crippen LogP contribution in [0.4, 0.5) is 0 Å². The quantitative estimate of drug-likeness (QED) is 0.534. The maximum Gasteiger partial charge on any atom is 0.220 e. The second-order valence-electron chi connectivity index (χ2n) is 4.21. The highest BCUT2D eigenvalue weighted by Crippen LogP contribution is 2.21. The molecule has 0 bridgehead atoms. The van der Waals surface area contributed by atoms with E-state index >= 15 is 0 Å². The van der Waals surface area contributed by atoms with Gasteiger partial charge in [0.25, 0.3) is 0 Å². The first kappa shape index (κ1) is 16.5. The number of halogens is 1. The van der Waals surface area contributed by atoms with Crippen molar-refractivity contribution >= 4 is 33.6 Å². The number of carbonyl (C=O) groups is 1. The molecule has 0 atom stereocenters. The van der Waals surface area contributed by atoms with Crippen LogP contribution >= 0.6 is 27.7 Å². The Morgan fingerprint density at radius 1 is 1.21 bits per heavy atom. The van der Waals surface area contributed by atoms with Gasteiger partial charge < -0.3 is 10.6 Å². The van der Waals surface area contributed by atoms with E-state index in [4.69, 9.17) is 0 Å². The van der Waals surface area contributed by atoms with Gasteiger partial charge in [-0.05, 0) is 56.5 Å². The number of benzene rings is 1. The van der Waals surface area contributed by atoms with Gasteiger partial charge in [-0.25, -0.2) is 0 Å². The van der Waals surface area contributed by atoms with Gasteiger partial charge in [0.1, 0.15) is 0 Å². The molecule has 106 valence electrons. The van der Waals surface area contributed by atoms with Gasteiger partial charge in [-0.3, -0.25) is 4.79 Å². The van der Waals surface area contributed by atoms with Gasteiger partial charge in [-0.15, -0.1) is 11.8 Å². The summed E-state index contributed by atoms with van der Waals surface area (Å²) in [5.41, 5.74) is 0. The van der Waals surface area contributed by atoms with Crippen LogP contribution in [0.15, 0.2) is 33.6 Å². The maximum atomic E-state index is 11.5. The largest absolute Gasteiger partial charge is 0.356 e. The van der Waals surface area contributed by atoms with Crippen LogP contribution in [0.25, 0.3) is 0 Å². The van der Waals surface area contributed by atoms with Crippen LogP contribution in [-0.4, -0.2) is 31.8 Å². The standard InChI is InChI=1S/C14H21BrN2OS/c1-16-9-3-10-17-14(18)4-2-11-19-13-7-5-12(15)6-8-13/h5-8,16H,2-4,9-11H2,1H3,(H,17,18). The minimum Gasteiger partial charge on any atom is -0.356 e. The monoisotopic (exact) mass is 344 g/mol. The summed E-state index contributed by atoms with van der Waals surface area (Å²) in [5.74, 6) is 1.14. The molecule has 0 aromatic heterocycles. The Hall–Kier alpha value is -0.520. The molecule has 0 spiro atoms. The first-order valence-electron chi connectivity index (χ1n) is 6.52. The maximum absolute atomic E-state index is 11.5. The summed E-state index contributed by atoms with van der Waals surface area (Å²) in [5, 5.41) is 5.99. The van der Waals surface area contributed by atoms with Crippen molar-refractivity contribution in [3.63, 3.8) is 0 Å². The number of nitrogens with one attached hydrogen (secondary N) is 2. The molecular weight excluding hydrogens is 324 g/mol. The van der Waals surface area contributed by atoms with E-state index in [1.54, 1.807) is 11.8 Å². The molecule has 0 unspecified atom stereocenters. The highest BCUT2D eigenvalue weighted by atomic mass is 79.9. The first-order valence-corrected chi connectivity index (χ1v) is 8.30. The molecular formula is C14H21BrN2OS. The smallest absolute Gasteiger partial charge is 0.220 e. The molecule has 19 heavy (non-hydrogen) atoms. The lowest BCUT2D eigenvalue weighted by molar-refractivity contribution is -0.121. The van der Waals surface area contributed by atoms with Gasteiger partial charge in [-0.2, -0.15) is 0 Å². The van der Waals surface area contributed by atoms with Crippen LogP contribution in [-0.2, 0) is 4.79 Å². The predicted molar refractivity (Wildman–Crippen MR) is 85.7 cm³/mol. The molecule has 1 amide bonds. The summed E-state index contributed by atoms with van der Waals surface area (Å²) in [7, 11) is 1.92. The van der Waals surface area contributed by atoms with Gasteiger partial charge >= 0.3 is 0 Å². The summed E-state index contributed by atoms with van der Waals surface area (Å²) in [4.78, 5) is 12.8. The number of carbonyl (C=O) groups excluding carboxylic acids is 1. The summed E-state index contributed by atoms with van der Waals surface area (Å²) in [6.07, 6.45) is 2.51. The van der Waals surface area contributed by atoms with Gasteiger partial charge in [-0.1, -0.05) is 15.9 Å². The second-order valence-corrected chi connectivity index (χ2v) is 6.30. The second kappa shape index (κ2) is 10.3. The van der Waals surface area contributed by atoms with Gasteiger partial charge in [0, 0.05) is 22.3 Å². The molecule has 0 aliphatic heterocycles. The topological polar surface area (TPSA) is 41.1 Å². The summed E-state index contributed by atoms with van der Waals surface area (Å²) in [6.45, 7) is 1.71. The molecule has 0 saturated carbocycles. The zero-order chi connectivity index (χ0) is 13.9. The molecule has 0 radical (unpaired) electrons. The average Bonchev–Trinajstić information content (AvgIpc) is 2.42. The number of rotatable bonds is 9. The van der Waals surface area contributed by atoms with Crippen molar-refractivity contribution in [1.82, 2.24) is 10.6 Å². The third-order valence-electron chi connectivity index (χ3n) is 2.56. The molecule has 1 aromatic rings. The zero-order valence-corrected chi connectivity index (χ0v) is 13.6. The van der Waals surface area contributed by atoms with Crippen LogP contribution in [0.2, 0.25) is 0 Å². The molecule has 2 N–H and O–H groups in total. The normalized spacial score (nSPS) is 10.4. The van der Waals surface area contributed by atoms with Gasteiger partial charge in [0.2, 0.25) is 5.91 Å². The van der Waals surface area contributed by atoms with E-state index in [0.29, 0.717) is 6.42 Å². The molecule has 0 aliphatic carbocycles. The number of hydrogen-bond acceptors (Lipinski definition) is 3. The summed E-state index contributed by atoms with van der Waals surface area (Å²) < 4.78 is 1.10. The van der Waals surface area contributed by atoms with Crippen LogP contribution in [0, 0.1) is 0 Å². The molecule has 5 heteroatoms. The Morgan fingerprint density at radius 2 is 1.95 bits per heavy atom. The Labute approximate surface area is 128 Å². The molecule has 0 saturated heterocycles. The molecule has 1 rings (SSSR count). The molecule has 0 heterocycles. The Kier molecular flexibility index (Phi) is 8.95. The Morgan fingerprint density at radius 3 is 2.63 bits per heavy atom. The molecule has 3 nitrogen and oxygen atoms in total. The molecule has 0 aliphatic rings. The van der Waals surface area contributed by atoms with Crippen molar-refractivity contribution in [3.05, 3.63) is 28.7 Å². The third kappa shape index (κ3) is 8.29. The lowest BCUT2D eigenvalue weighted by atomic mass is 10.3. The molecule has 1 aromatic carbocycles. The van der Waals surface area contributed by atoms with Crippen molar-refractivity contribution in [2.45, 2.75) is 24.2 Å². The van der Waals surface area contributed by atoms with Gasteiger partial charge in [0.15, 0.2) is 0 Å². The number of thioether (sulfide) groups is 1. The van der Waals surface area contributed by atoms with Crippen molar-refractivity contribution < 1.29 is 4.79 Å². The fourth-order valence-corrected chi connectivity index (χ4v) is 2.65. The van der Waals surface area contributed by atoms with Crippen molar-refractivity contribution in [1.29, 1.82) is 0 Å². The van der Waals surface area contributed by atoms with E-state index < -0.39 is 0 Å². The molecule has 0 fully saturated rings. The first-order chi connectivity index (χ1) is 9.22. The average molecular weight is 345 g/mol. The lowest BCUT2D eigenvalue weighted by Crippen LogP contribution is -2.26.